The van der Waals surface area contributed by atoms with Gasteiger partial charge in [-0.2, -0.15) is 13.2 Å². The molecule has 0 unspecified atom stereocenters. The average Bonchev–Trinajstić information content (AvgIpc) is 3.04. The highest BCUT2D eigenvalue weighted by Gasteiger charge is 2.33. The van der Waals surface area contributed by atoms with E-state index in [1.54, 1.807) is 18.2 Å². The Morgan fingerprint density at radius 1 is 1.16 bits per heavy atom. The second kappa shape index (κ2) is 8.31. The third-order valence-corrected chi connectivity index (χ3v) is 5.68. The molecular formula is C23H21F3N2O4. The number of carboxylic acid groups (broad SMARTS) is 1. The van der Waals surface area contributed by atoms with Gasteiger partial charge >= 0.3 is 12.3 Å². The van der Waals surface area contributed by atoms with E-state index in [9.17, 15) is 27.9 Å². The minimum absolute atomic E-state index is 0.00331. The lowest BCUT2D eigenvalue weighted by molar-refractivity contribution is -0.137. The molecule has 1 aliphatic rings. The van der Waals surface area contributed by atoms with Gasteiger partial charge in [0.05, 0.1) is 29.5 Å². The Hall–Kier alpha value is -3.33. The van der Waals surface area contributed by atoms with E-state index in [0.29, 0.717) is 23.2 Å². The molecule has 1 aromatic heterocycles. The lowest BCUT2D eigenvalue weighted by atomic mass is 9.77. The number of hydrogen-bond acceptors (Lipinski definition) is 3. The van der Waals surface area contributed by atoms with Crippen LogP contribution in [-0.4, -0.2) is 27.8 Å². The first-order chi connectivity index (χ1) is 15.1. The number of fused-ring (bicyclic) bond motifs is 1. The molecule has 6 nitrogen and oxygen atoms in total. The number of alkyl halides is 3. The van der Waals surface area contributed by atoms with Crippen molar-refractivity contribution in [3.05, 3.63) is 65.4 Å². The number of aromatic nitrogens is 1. The van der Waals surface area contributed by atoms with E-state index in [0.717, 1.165) is 40.7 Å². The summed E-state index contributed by atoms with van der Waals surface area (Å²) in [6, 6.07) is 10.5. The first-order valence-electron chi connectivity index (χ1n) is 10.1. The van der Waals surface area contributed by atoms with Crippen LogP contribution in [0.1, 0.15) is 42.4 Å². The molecular weight excluding hydrogens is 425 g/mol. The summed E-state index contributed by atoms with van der Waals surface area (Å²) < 4.78 is 45.1. The predicted octanol–water partition coefficient (Wildman–Crippen LogP) is 5.61. The number of rotatable bonds is 5. The van der Waals surface area contributed by atoms with Gasteiger partial charge in [-0.25, -0.2) is 4.79 Å². The Balaban J connectivity index is 1.39. The van der Waals surface area contributed by atoms with Gasteiger partial charge in [0.1, 0.15) is 0 Å². The minimum Gasteiger partial charge on any atom is -0.464 e. The third-order valence-electron chi connectivity index (χ3n) is 5.68. The number of halogens is 3. The number of nitrogens with one attached hydrogen (secondary N) is 1. The van der Waals surface area contributed by atoms with E-state index in [-0.39, 0.29) is 17.9 Å². The average molecular weight is 446 g/mol. The summed E-state index contributed by atoms with van der Waals surface area (Å²) in [4.78, 5) is 22.9. The molecule has 1 fully saturated rings. The van der Waals surface area contributed by atoms with E-state index in [1.807, 2.05) is 0 Å². The SMILES string of the molecule is CC(=O)Nc1cn(C(=O)O)c2ccc(COC3CC(c4ccc(C(F)(F)F)cc4)C3)cc12. The lowest BCUT2D eigenvalue weighted by Gasteiger charge is -2.35. The van der Waals surface area contributed by atoms with Crippen LogP contribution < -0.4 is 5.32 Å². The van der Waals surface area contributed by atoms with Crippen molar-refractivity contribution in [1.82, 2.24) is 4.57 Å². The van der Waals surface area contributed by atoms with Crippen LogP contribution in [0.15, 0.2) is 48.7 Å². The molecule has 0 spiro atoms. The highest BCUT2D eigenvalue weighted by atomic mass is 19.4. The number of amides is 1. The fraction of sp³-hybridized carbons (Fsp3) is 0.304. The fourth-order valence-electron chi connectivity index (χ4n) is 3.95. The predicted molar refractivity (Wildman–Crippen MR) is 112 cm³/mol. The maximum atomic E-state index is 12.7. The van der Waals surface area contributed by atoms with Crippen molar-refractivity contribution >= 4 is 28.6 Å². The van der Waals surface area contributed by atoms with Crippen LogP contribution in [0.4, 0.5) is 23.7 Å². The van der Waals surface area contributed by atoms with Crippen LogP contribution in [0.5, 0.6) is 0 Å². The molecule has 0 bridgehead atoms. The van der Waals surface area contributed by atoms with Gasteiger partial charge in [0.25, 0.3) is 0 Å². The maximum Gasteiger partial charge on any atom is 0.416 e. The van der Waals surface area contributed by atoms with Crippen molar-refractivity contribution in [2.45, 2.75) is 44.6 Å². The van der Waals surface area contributed by atoms with Gasteiger partial charge in [0.15, 0.2) is 0 Å². The van der Waals surface area contributed by atoms with Gasteiger partial charge < -0.3 is 15.2 Å². The quantitative estimate of drug-likeness (QED) is 0.534. The van der Waals surface area contributed by atoms with Crippen molar-refractivity contribution in [3.8, 4) is 0 Å². The molecule has 0 aliphatic heterocycles. The molecule has 0 radical (unpaired) electrons. The van der Waals surface area contributed by atoms with Crippen molar-refractivity contribution < 1.29 is 32.6 Å². The number of ether oxygens (including phenoxy) is 1. The number of anilines is 1. The number of benzene rings is 2. The number of hydrogen-bond donors (Lipinski definition) is 2. The zero-order chi connectivity index (χ0) is 23.0. The molecule has 32 heavy (non-hydrogen) atoms. The van der Waals surface area contributed by atoms with Crippen LogP contribution >= 0.6 is 0 Å². The van der Waals surface area contributed by atoms with Crippen molar-refractivity contribution in [2.75, 3.05) is 5.32 Å². The summed E-state index contributed by atoms with van der Waals surface area (Å²) in [7, 11) is 0. The molecule has 9 heteroatoms. The van der Waals surface area contributed by atoms with Gasteiger partial charge in [-0.15, -0.1) is 0 Å². The van der Waals surface area contributed by atoms with E-state index in [4.69, 9.17) is 4.74 Å². The van der Waals surface area contributed by atoms with Gasteiger partial charge in [-0.3, -0.25) is 9.36 Å². The topological polar surface area (TPSA) is 80.6 Å². The summed E-state index contributed by atoms with van der Waals surface area (Å²) in [5.41, 5.74) is 1.90. The minimum atomic E-state index is -4.34. The maximum absolute atomic E-state index is 12.7. The number of nitrogens with zero attached hydrogens (tertiary/aromatic N) is 1. The molecule has 1 aliphatic carbocycles. The highest BCUT2D eigenvalue weighted by Crippen LogP contribution is 2.40. The smallest absolute Gasteiger partial charge is 0.416 e. The van der Waals surface area contributed by atoms with Crippen LogP contribution in [0.3, 0.4) is 0 Å². The van der Waals surface area contributed by atoms with Crippen LogP contribution in [0.25, 0.3) is 10.9 Å². The monoisotopic (exact) mass is 446 g/mol. The Bertz CT molecular complexity index is 1160. The summed E-state index contributed by atoms with van der Waals surface area (Å²) in [5, 5.41) is 12.6. The summed E-state index contributed by atoms with van der Waals surface area (Å²) in [6.45, 7) is 1.65. The van der Waals surface area contributed by atoms with Crippen molar-refractivity contribution in [3.63, 3.8) is 0 Å². The van der Waals surface area contributed by atoms with Gasteiger partial charge in [0.2, 0.25) is 5.91 Å². The van der Waals surface area contributed by atoms with Crippen LogP contribution in [0.2, 0.25) is 0 Å². The van der Waals surface area contributed by atoms with E-state index < -0.39 is 17.8 Å². The van der Waals surface area contributed by atoms with Gasteiger partial charge in [-0.05, 0) is 54.2 Å². The third kappa shape index (κ3) is 4.47. The molecule has 1 heterocycles. The molecule has 0 saturated heterocycles. The summed E-state index contributed by atoms with van der Waals surface area (Å²) >= 11 is 0. The van der Waals surface area contributed by atoms with Gasteiger partial charge in [0, 0.05) is 18.5 Å². The molecule has 2 N–H and O–H groups in total. The molecule has 4 rings (SSSR count). The zero-order valence-corrected chi connectivity index (χ0v) is 17.1. The molecule has 0 atom stereocenters. The normalized spacial score (nSPS) is 18.4. The Morgan fingerprint density at radius 2 is 1.84 bits per heavy atom. The second-order valence-corrected chi connectivity index (χ2v) is 7.95. The molecule has 1 amide bonds. The number of carbonyl (C=O) groups excluding carboxylic acids is 1. The molecule has 2 aromatic carbocycles. The van der Waals surface area contributed by atoms with Crippen molar-refractivity contribution in [2.24, 2.45) is 0 Å². The van der Waals surface area contributed by atoms with E-state index in [1.165, 1.54) is 25.3 Å². The second-order valence-electron chi connectivity index (χ2n) is 7.95. The zero-order valence-electron chi connectivity index (χ0n) is 17.1. The fourth-order valence-corrected chi connectivity index (χ4v) is 3.95. The van der Waals surface area contributed by atoms with E-state index in [2.05, 4.69) is 5.32 Å². The van der Waals surface area contributed by atoms with Gasteiger partial charge in [-0.1, -0.05) is 18.2 Å². The number of carbonyl (C=O) groups is 2. The Morgan fingerprint density at radius 3 is 2.44 bits per heavy atom. The summed E-state index contributed by atoms with van der Waals surface area (Å²) in [5.74, 6) is -0.138. The highest BCUT2D eigenvalue weighted by molar-refractivity contribution is 6.04. The first-order valence-corrected chi connectivity index (χ1v) is 10.1. The largest absolute Gasteiger partial charge is 0.464 e. The molecule has 3 aromatic rings. The summed E-state index contributed by atoms with van der Waals surface area (Å²) in [6.07, 6.45) is -2.69. The van der Waals surface area contributed by atoms with Crippen molar-refractivity contribution in [1.29, 1.82) is 0 Å². The molecule has 168 valence electrons. The Labute approximate surface area is 181 Å². The van der Waals surface area contributed by atoms with Crippen LogP contribution in [0, 0.1) is 0 Å². The molecule has 1 saturated carbocycles. The Kier molecular flexibility index (Phi) is 5.68. The first kappa shape index (κ1) is 21.9. The van der Waals surface area contributed by atoms with Crippen LogP contribution in [-0.2, 0) is 22.3 Å². The lowest BCUT2D eigenvalue weighted by Crippen LogP contribution is -2.29. The standard InChI is InChI=1S/C23H21F3N2O4/c1-13(29)27-20-11-28(22(30)31)21-7-2-14(8-19(20)21)12-32-18-9-16(10-18)15-3-5-17(6-4-15)23(24,25)26/h2-8,11,16,18H,9-10,12H2,1H3,(H,27,29)(H,30,31). The van der Waals surface area contributed by atoms with E-state index >= 15 is 0 Å².